The first kappa shape index (κ1) is 33.4. The molecule has 60 heavy (non-hydrogen) atoms. The van der Waals surface area contributed by atoms with Crippen molar-refractivity contribution in [3.8, 4) is 39.3 Å². The van der Waals surface area contributed by atoms with Crippen molar-refractivity contribution in [1.29, 1.82) is 0 Å². The zero-order valence-electron chi connectivity index (χ0n) is 32.5. The lowest BCUT2D eigenvalue weighted by Gasteiger charge is -2.14. The summed E-state index contributed by atoms with van der Waals surface area (Å²) in [6, 6.07) is 65.1. The Morgan fingerprint density at radius 1 is 0.500 bits per heavy atom. The summed E-state index contributed by atoms with van der Waals surface area (Å²) in [6.07, 6.45) is 0. The van der Waals surface area contributed by atoms with Gasteiger partial charge in [-0.15, -0.1) is 11.3 Å². The maximum atomic E-state index is 6.96. The van der Waals surface area contributed by atoms with Gasteiger partial charge in [-0.25, -0.2) is 4.98 Å². The molecule has 0 radical (unpaired) electrons. The van der Waals surface area contributed by atoms with Crippen molar-refractivity contribution in [2.75, 3.05) is 0 Å². The summed E-state index contributed by atoms with van der Waals surface area (Å²) in [5.41, 5.74) is 11.5. The molecule has 0 saturated heterocycles. The fourth-order valence-corrected chi connectivity index (χ4v) is 10.9. The monoisotopic (exact) mass is 783 g/mol. The van der Waals surface area contributed by atoms with Crippen molar-refractivity contribution in [2.45, 2.75) is 6.92 Å². The second-order valence-corrected chi connectivity index (χ2v) is 16.8. The summed E-state index contributed by atoms with van der Waals surface area (Å²) >= 11 is 1.88. The van der Waals surface area contributed by atoms with E-state index in [1.807, 2.05) is 17.4 Å². The summed E-state index contributed by atoms with van der Waals surface area (Å²) in [6.45, 7) is 2.14. The van der Waals surface area contributed by atoms with Crippen molar-refractivity contribution < 1.29 is 4.42 Å². The van der Waals surface area contributed by atoms with Crippen molar-refractivity contribution in [3.63, 3.8) is 0 Å². The van der Waals surface area contributed by atoms with Gasteiger partial charge < -0.3 is 4.42 Å². The number of fused-ring (bicyclic) bond motifs is 15. The molecule has 4 aromatic heterocycles. The number of furan rings is 1. The minimum absolute atomic E-state index is 0.503. The highest BCUT2D eigenvalue weighted by Gasteiger charge is 2.27. The van der Waals surface area contributed by atoms with Crippen LogP contribution in [-0.2, 0) is 0 Å². The maximum absolute atomic E-state index is 6.96. The van der Waals surface area contributed by atoms with E-state index in [-0.39, 0.29) is 0 Å². The zero-order valence-corrected chi connectivity index (χ0v) is 33.3. The van der Waals surface area contributed by atoms with Crippen LogP contribution in [-0.4, -0.2) is 14.5 Å². The number of rotatable bonds is 4. The molecule has 4 nitrogen and oxygen atoms in total. The predicted molar refractivity (Wildman–Crippen MR) is 253 cm³/mol. The lowest BCUT2D eigenvalue weighted by atomic mass is 9.96. The van der Waals surface area contributed by atoms with Gasteiger partial charge >= 0.3 is 0 Å². The Balaban J connectivity index is 1.21. The van der Waals surface area contributed by atoms with Crippen molar-refractivity contribution in [1.82, 2.24) is 14.5 Å². The third-order valence-electron chi connectivity index (χ3n) is 12.2. The third kappa shape index (κ3) is 4.78. The maximum Gasteiger partial charge on any atom is 0.248 e. The molecule has 280 valence electrons. The van der Waals surface area contributed by atoms with Crippen LogP contribution in [0.25, 0.3) is 125 Å². The molecule has 0 aliphatic rings. The summed E-state index contributed by atoms with van der Waals surface area (Å²) in [4.78, 5) is 11.3. The van der Waals surface area contributed by atoms with Crippen LogP contribution >= 0.6 is 11.3 Å². The van der Waals surface area contributed by atoms with Gasteiger partial charge in [0.1, 0.15) is 16.8 Å². The third-order valence-corrected chi connectivity index (χ3v) is 13.4. The van der Waals surface area contributed by atoms with Crippen molar-refractivity contribution in [3.05, 3.63) is 188 Å². The van der Waals surface area contributed by atoms with Crippen LogP contribution < -0.4 is 0 Å². The van der Waals surface area contributed by atoms with E-state index in [0.29, 0.717) is 5.71 Å². The Kier molecular flexibility index (Phi) is 7.06. The molecule has 0 spiro atoms. The zero-order chi connectivity index (χ0) is 39.5. The second kappa shape index (κ2) is 12.7. The average Bonchev–Trinajstić information content (AvgIpc) is 3.99. The Morgan fingerprint density at radius 2 is 1.20 bits per heavy atom. The summed E-state index contributed by atoms with van der Waals surface area (Å²) in [5.74, 6) is 0.735. The molecule has 13 rings (SSSR count). The average molecular weight is 784 g/mol. The highest BCUT2D eigenvalue weighted by molar-refractivity contribution is 7.27. The number of thiophene rings is 1. The van der Waals surface area contributed by atoms with E-state index >= 15 is 0 Å². The number of hydrogen-bond acceptors (Lipinski definition) is 4. The fraction of sp³-hybridized carbons (Fsp3) is 0.0182. The molecule has 0 atom stereocenters. The van der Waals surface area contributed by atoms with E-state index in [2.05, 4.69) is 187 Å². The second-order valence-electron chi connectivity index (χ2n) is 15.7. The van der Waals surface area contributed by atoms with Gasteiger partial charge in [0.05, 0.1) is 11.0 Å². The lowest BCUT2D eigenvalue weighted by molar-refractivity contribution is 0.653. The van der Waals surface area contributed by atoms with Crippen LogP contribution in [0.4, 0.5) is 0 Å². The number of aromatic nitrogens is 3. The van der Waals surface area contributed by atoms with Crippen LogP contribution in [0.5, 0.6) is 0 Å². The van der Waals surface area contributed by atoms with Crippen LogP contribution in [0.3, 0.4) is 0 Å². The normalized spacial score (nSPS) is 12.1. The van der Waals surface area contributed by atoms with Crippen LogP contribution in [0, 0.1) is 6.92 Å². The summed E-state index contributed by atoms with van der Waals surface area (Å²) in [5, 5.41) is 10.9. The van der Waals surface area contributed by atoms with Crippen molar-refractivity contribution >= 4 is 97.1 Å². The highest BCUT2D eigenvalue weighted by atomic mass is 32.1. The van der Waals surface area contributed by atoms with Gasteiger partial charge in [0.15, 0.2) is 5.82 Å². The van der Waals surface area contributed by atoms with E-state index in [1.54, 1.807) is 0 Å². The number of hydrogen-bond donors (Lipinski definition) is 0. The minimum atomic E-state index is 0.503. The molecular weight excluding hydrogens is 751 g/mol. The molecule has 0 amide bonds. The van der Waals surface area contributed by atoms with Gasteiger partial charge in [-0.2, -0.15) is 4.98 Å². The van der Waals surface area contributed by atoms with Gasteiger partial charge in [0.2, 0.25) is 5.71 Å². The van der Waals surface area contributed by atoms with Crippen LogP contribution in [0.2, 0.25) is 0 Å². The first-order valence-corrected chi connectivity index (χ1v) is 21.1. The van der Waals surface area contributed by atoms with Crippen LogP contribution in [0.1, 0.15) is 5.56 Å². The van der Waals surface area contributed by atoms with Gasteiger partial charge in [0.25, 0.3) is 0 Å². The van der Waals surface area contributed by atoms with Gasteiger partial charge in [-0.3, -0.25) is 4.57 Å². The summed E-state index contributed by atoms with van der Waals surface area (Å²) in [7, 11) is 0. The van der Waals surface area contributed by atoms with E-state index in [1.165, 1.54) is 52.5 Å². The quantitative estimate of drug-likeness (QED) is 0.179. The molecule has 0 aliphatic heterocycles. The molecule has 0 fully saturated rings. The Bertz CT molecular complexity index is 3900. The molecule has 0 N–H and O–H groups in total. The highest BCUT2D eigenvalue weighted by Crippen LogP contribution is 2.50. The van der Waals surface area contributed by atoms with E-state index in [9.17, 15) is 0 Å². The van der Waals surface area contributed by atoms with Crippen molar-refractivity contribution in [2.24, 2.45) is 0 Å². The van der Waals surface area contributed by atoms with E-state index in [0.717, 1.165) is 72.4 Å². The molecule has 5 heteroatoms. The first-order chi connectivity index (χ1) is 29.7. The standard InChI is InChI=1S/C55H33N3OS/c1-32-15-14-21-36(29-32)49-54(57-55-50(56-49)43-31-37(33-16-4-2-5-17-33)30-42(52(43)59-55)34-18-6-3-7-19-34)58-44-26-13-12-25-41(44)48-51(58)40-24-11-10-23-39(40)47-46-38-22-9-8-20-35(38)27-28-45(46)60-53(47)48/h2-31H,1H3. The fourth-order valence-electron chi connectivity index (χ4n) is 9.60. The SMILES string of the molecule is Cc1cccc(-c2nc3c(nc2-n2c4ccccc4c4c5sc6ccc7ccccc7c6c5c5ccccc5c42)oc2c(-c4ccccc4)cc(-c4ccccc4)cc23)c1. The number of nitrogens with zero attached hydrogens (tertiary/aromatic N) is 3. The topological polar surface area (TPSA) is 43.9 Å². The predicted octanol–water partition coefficient (Wildman–Crippen LogP) is 15.5. The Morgan fingerprint density at radius 3 is 2.02 bits per heavy atom. The molecule has 0 unspecified atom stereocenters. The molecule has 4 heterocycles. The number of aryl methyl sites for hydroxylation is 1. The molecular formula is C55H33N3OS. The number of benzene rings is 9. The molecule has 0 saturated carbocycles. The smallest absolute Gasteiger partial charge is 0.248 e. The van der Waals surface area contributed by atoms with E-state index < -0.39 is 0 Å². The minimum Gasteiger partial charge on any atom is -0.436 e. The Labute approximate surface area is 348 Å². The van der Waals surface area contributed by atoms with Crippen LogP contribution in [0.15, 0.2) is 186 Å². The van der Waals surface area contributed by atoms with E-state index in [4.69, 9.17) is 14.4 Å². The van der Waals surface area contributed by atoms with Gasteiger partial charge in [-0.05, 0) is 70.1 Å². The largest absolute Gasteiger partial charge is 0.436 e. The molecule has 13 aromatic rings. The molecule has 0 aliphatic carbocycles. The van der Waals surface area contributed by atoms with Gasteiger partial charge in [0, 0.05) is 52.8 Å². The number of para-hydroxylation sites is 1. The summed E-state index contributed by atoms with van der Waals surface area (Å²) < 4.78 is 11.9. The first-order valence-electron chi connectivity index (χ1n) is 20.3. The van der Waals surface area contributed by atoms with Gasteiger partial charge in [-0.1, -0.05) is 157 Å². The molecule has 9 aromatic carbocycles. The lowest BCUT2D eigenvalue weighted by Crippen LogP contribution is -2.03. The molecule has 0 bridgehead atoms. The Hall–Kier alpha value is -7.60.